The van der Waals surface area contributed by atoms with Gasteiger partial charge in [0.05, 0.1) is 32.0 Å². The fourth-order valence-electron chi connectivity index (χ4n) is 4.14. The van der Waals surface area contributed by atoms with Crippen molar-refractivity contribution in [2.75, 3.05) is 19.8 Å². The fourth-order valence-corrected chi connectivity index (χ4v) is 5.17. The lowest BCUT2D eigenvalue weighted by Crippen LogP contribution is -2.44. The molecule has 1 aliphatic rings. The Kier molecular flexibility index (Phi) is 10.6. The molecule has 0 amide bonds. The Morgan fingerprint density at radius 2 is 1.86 bits per heavy atom. The van der Waals surface area contributed by atoms with Crippen LogP contribution >= 0.6 is 0 Å². The molecule has 0 aliphatic heterocycles. The number of rotatable bonds is 12. The highest BCUT2D eigenvalue weighted by atomic mass is 28.4. The normalized spacial score (nSPS) is 19.5. The van der Waals surface area contributed by atoms with Crippen LogP contribution in [0, 0.1) is 26.2 Å². The van der Waals surface area contributed by atoms with Crippen LogP contribution in [-0.4, -0.2) is 51.4 Å². The molecule has 3 atom stereocenters. The standard InChI is InChI=1S/C30H45NO5Si/c1-9-16-32-27(20-35-37(7,8)30(4,5)6)19-33-25-14-11-15-26(18-25)34-21-28-23(3)36-29(31-28)24-13-10-12-22(2)17-24/h1,10,12-13,17,25-27H,11,14-16,18-21H2,2-8H3/t25-,26+,27?/m1/s1. The van der Waals surface area contributed by atoms with E-state index in [0.717, 1.165) is 42.7 Å². The minimum Gasteiger partial charge on any atom is -0.441 e. The molecule has 1 unspecified atom stereocenters. The van der Waals surface area contributed by atoms with Gasteiger partial charge in [0.2, 0.25) is 5.89 Å². The molecule has 1 aliphatic carbocycles. The molecule has 0 spiro atoms. The van der Waals surface area contributed by atoms with E-state index in [2.05, 4.69) is 58.8 Å². The maximum atomic E-state index is 6.38. The summed E-state index contributed by atoms with van der Waals surface area (Å²) in [7, 11) is -1.88. The molecule has 0 N–H and O–H groups in total. The van der Waals surface area contributed by atoms with Gasteiger partial charge in [-0.25, -0.2) is 4.98 Å². The van der Waals surface area contributed by atoms with Gasteiger partial charge in [0, 0.05) is 5.56 Å². The van der Waals surface area contributed by atoms with E-state index in [0.29, 0.717) is 25.7 Å². The highest BCUT2D eigenvalue weighted by molar-refractivity contribution is 6.74. The van der Waals surface area contributed by atoms with E-state index < -0.39 is 8.32 Å². The first-order valence-electron chi connectivity index (χ1n) is 13.4. The third-order valence-electron chi connectivity index (χ3n) is 7.55. The lowest BCUT2D eigenvalue weighted by Gasteiger charge is -2.37. The van der Waals surface area contributed by atoms with E-state index in [9.17, 15) is 0 Å². The predicted molar refractivity (Wildman–Crippen MR) is 150 cm³/mol. The van der Waals surface area contributed by atoms with Crippen molar-refractivity contribution in [3.05, 3.63) is 41.3 Å². The number of hydrogen-bond donors (Lipinski definition) is 0. The fraction of sp³-hybridized carbons (Fsp3) is 0.633. The van der Waals surface area contributed by atoms with Gasteiger partial charge in [-0.05, 0) is 69.8 Å². The van der Waals surface area contributed by atoms with Crippen molar-refractivity contribution >= 4 is 8.32 Å². The molecule has 0 bridgehead atoms. The Morgan fingerprint density at radius 1 is 1.14 bits per heavy atom. The Bertz CT molecular complexity index is 1040. The Morgan fingerprint density at radius 3 is 2.54 bits per heavy atom. The van der Waals surface area contributed by atoms with Crippen LogP contribution in [0.15, 0.2) is 28.7 Å². The van der Waals surface area contributed by atoms with Crippen molar-refractivity contribution < 1.29 is 23.1 Å². The molecule has 3 rings (SSSR count). The number of benzene rings is 1. The van der Waals surface area contributed by atoms with Gasteiger partial charge in [0.1, 0.15) is 24.2 Å². The summed E-state index contributed by atoms with van der Waals surface area (Å²) in [5.74, 6) is 4.01. The largest absolute Gasteiger partial charge is 0.441 e. The van der Waals surface area contributed by atoms with Crippen LogP contribution in [0.2, 0.25) is 18.1 Å². The maximum Gasteiger partial charge on any atom is 0.226 e. The van der Waals surface area contributed by atoms with Gasteiger partial charge in [0.25, 0.3) is 0 Å². The van der Waals surface area contributed by atoms with E-state index in [4.69, 9.17) is 34.5 Å². The summed E-state index contributed by atoms with van der Waals surface area (Å²) in [4.78, 5) is 4.70. The van der Waals surface area contributed by atoms with Gasteiger partial charge in [-0.1, -0.05) is 44.4 Å². The van der Waals surface area contributed by atoms with Crippen LogP contribution < -0.4 is 0 Å². The molecule has 204 valence electrons. The molecular weight excluding hydrogens is 482 g/mol. The SMILES string of the molecule is C#CCOC(CO[C@@H]1CCC[C@H](OCc2nc(-c3cccc(C)c3)oc2C)C1)CO[Si](C)(C)C(C)(C)C. The predicted octanol–water partition coefficient (Wildman–Crippen LogP) is 6.84. The number of nitrogens with zero attached hydrogens (tertiary/aromatic N) is 1. The summed E-state index contributed by atoms with van der Waals surface area (Å²) in [5.41, 5.74) is 3.02. The zero-order valence-corrected chi connectivity index (χ0v) is 24.8. The molecule has 1 aromatic carbocycles. The van der Waals surface area contributed by atoms with E-state index >= 15 is 0 Å². The Hall–Kier alpha value is -1.95. The third-order valence-corrected chi connectivity index (χ3v) is 12.0. The van der Waals surface area contributed by atoms with Crippen LogP contribution in [0.25, 0.3) is 11.5 Å². The minimum absolute atomic E-state index is 0.129. The zero-order chi connectivity index (χ0) is 27.1. The summed E-state index contributed by atoms with van der Waals surface area (Å²) in [6.07, 6.45) is 9.49. The average Bonchev–Trinajstić information content (AvgIpc) is 3.22. The van der Waals surface area contributed by atoms with Crippen molar-refractivity contribution in [1.29, 1.82) is 0 Å². The summed E-state index contributed by atoms with van der Waals surface area (Å²) in [6.45, 7) is 16.9. The molecule has 1 fully saturated rings. The van der Waals surface area contributed by atoms with E-state index in [1.165, 1.54) is 5.56 Å². The molecule has 0 saturated heterocycles. The van der Waals surface area contributed by atoms with Gasteiger partial charge in [-0.2, -0.15) is 0 Å². The van der Waals surface area contributed by atoms with Gasteiger partial charge in [0.15, 0.2) is 8.32 Å². The molecule has 37 heavy (non-hydrogen) atoms. The zero-order valence-electron chi connectivity index (χ0n) is 23.8. The molecule has 0 radical (unpaired) electrons. The molecular formula is C30H45NO5Si. The van der Waals surface area contributed by atoms with Crippen molar-refractivity contribution in [2.45, 2.75) is 103 Å². The monoisotopic (exact) mass is 527 g/mol. The van der Waals surface area contributed by atoms with E-state index in [1.807, 2.05) is 19.1 Å². The molecule has 2 aromatic rings. The maximum absolute atomic E-state index is 6.38. The second-order valence-corrected chi connectivity index (χ2v) is 16.5. The molecule has 1 saturated carbocycles. The van der Waals surface area contributed by atoms with Crippen molar-refractivity contribution in [3.63, 3.8) is 0 Å². The van der Waals surface area contributed by atoms with Gasteiger partial charge in [-0.3, -0.25) is 0 Å². The van der Waals surface area contributed by atoms with Crippen molar-refractivity contribution in [3.8, 4) is 23.8 Å². The first-order valence-corrected chi connectivity index (χ1v) is 16.3. The molecule has 6 nitrogen and oxygen atoms in total. The van der Waals surface area contributed by atoms with Gasteiger partial charge < -0.3 is 23.1 Å². The second-order valence-electron chi connectivity index (χ2n) is 11.7. The van der Waals surface area contributed by atoms with E-state index in [1.54, 1.807) is 0 Å². The molecule has 1 heterocycles. The highest BCUT2D eigenvalue weighted by Crippen LogP contribution is 2.36. The van der Waals surface area contributed by atoms with Crippen LogP contribution in [0.4, 0.5) is 0 Å². The Balaban J connectivity index is 1.50. The van der Waals surface area contributed by atoms with Crippen LogP contribution in [-0.2, 0) is 25.2 Å². The van der Waals surface area contributed by atoms with Crippen LogP contribution in [0.1, 0.15) is 63.5 Å². The molecule has 1 aromatic heterocycles. The van der Waals surface area contributed by atoms with Gasteiger partial charge in [-0.15, -0.1) is 6.42 Å². The summed E-state index contributed by atoms with van der Waals surface area (Å²) in [6, 6.07) is 8.18. The number of terminal acetylenes is 1. The topological polar surface area (TPSA) is 63.0 Å². The van der Waals surface area contributed by atoms with Crippen molar-refractivity contribution in [2.24, 2.45) is 0 Å². The number of aryl methyl sites for hydroxylation is 2. The lowest BCUT2D eigenvalue weighted by atomic mass is 9.95. The highest BCUT2D eigenvalue weighted by Gasteiger charge is 2.37. The summed E-state index contributed by atoms with van der Waals surface area (Å²) < 4.78 is 30.7. The lowest BCUT2D eigenvalue weighted by molar-refractivity contribution is -0.0871. The van der Waals surface area contributed by atoms with Gasteiger partial charge >= 0.3 is 0 Å². The first kappa shape index (κ1) is 29.6. The van der Waals surface area contributed by atoms with Crippen molar-refractivity contribution in [1.82, 2.24) is 4.98 Å². The van der Waals surface area contributed by atoms with E-state index in [-0.39, 0.29) is 30.0 Å². The average molecular weight is 528 g/mol. The van der Waals surface area contributed by atoms with Crippen LogP contribution in [0.3, 0.4) is 0 Å². The first-order chi connectivity index (χ1) is 17.5. The quantitative estimate of drug-likeness (QED) is 0.222. The second kappa shape index (κ2) is 13.2. The Labute approximate surface area is 224 Å². The van der Waals surface area contributed by atoms with Crippen LogP contribution in [0.5, 0.6) is 0 Å². The third kappa shape index (κ3) is 8.80. The summed E-state index contributed by atoms with van der Waals surface area (Å²) >= 11 is 0. The smallest absolute Gasteiger partial charge is 0.226 e. The molecule has 7 heteroatoms. The number of hydrogen-bond acceptors (Lipinski definition) is 6. The summed E-state index contributed by atoms with van der Waals surface area (Å²) in [5, 5.41) is 0.140. The number of oxazole rings is 1. The number of ether oxygens (including phenoxy) is 3. The number of aromatic nitrogens is 1. The minimum atomic E-state index is -1.88.